The van der Waals surface area contributed by atoms with E-state index in [1.807, 2.05) is 11.8 Å². The summed E-state index contributed by atoms with van der Waals surface area (Å²) in [5.74, 6) is 2.63. The Morgan fingerprint density at radius 2 is 1.95 bits per heavy atom. The van der Waals surface area contributed by atoms with E-state index in [2.05, 4.69) is 33.8 Å². The SMILES string of the molecule is CCCNc1ncc(Cl)c(NCCCCCCSC)n1. The summed E-state index contributed by atoms with van der Waals surface area (Å²) in [6.45, 7) is 3.89. The van der Waals surface area contributed by atoms with Gasteiger partial charge >= 0.3 is 0 Å². The zero-order chi connectivity index (χ0) is 14.6. The molecule has 0 spiro atoms. The van der Waals surface area contributed by atoms with E-state index in [4.69, 9.17) is 11.6 Å². The summed E-state index contributed by atoms with van der Waals surface area (Å²) in [7, 11) is 0. The molecular formula is C14H25ClN4S. The van der Waals surface area contributed by atoms with Crippen LogP contribution in [0.2, 0.25) is 5.02 Å². The van der Waals surface area contributed by atoms with Crippen molar-refractivity contribution in [2.45, 2.75) is 39.0 Å². The number of hydrogen-bond acceptors (Lipinski definition) is 5. The second-order valence-corrected chi connectivity index (χ2v) is 6.04. The van der Waals surface area contributed by atoms with Gasteiger partial charge in [-0.1, -0.05) is 31.4 Å². The van der Waals surface area contributed by atoms with Crippen LogP contribution in [-0.4, -0.2) is 35.1 Å². The Morgan fingerprint density at radius 1 is 1.15 bits per heavy atom. The molecule has 0 unspecified atom stereocenters. The highest BCUT2D eigenvalue weighted by Gasteiger charge is 2.04. The Kier molecular flexibility index (Phi) is 9.58. The summed E-state index contributed by atoms with van der Waals surface area (Å²) in [6, 6.07) is 0. The molecular weight excluding hydrogens is 292 g/mol. The van der Waals surface area contributed by atoms with E-state index in [0.717, 1.165) is 31.7 Å². The number of rotatable bonds is 11. The normalized spacial score (nSPS) is 10.6. The first kappa shape index (κ1) is 17.4. The van der Waals surface area contributed by atoms with Crippen molar-refractivity contribution in [2.24, 2.45) is 0 Å². The van der Waals surface area contributed by atoms with Gasteiger partial charge in [0.2, 0.25) is 5.95 Å². The molecule has 1 aromatic heterocycles. The fourth-order valence-electron chi connectivity index (χ4n) is 1.74. The minimum Gasteiger partial charge on any atom is -0.369 e. The van der Waals surface area contributed by atoms with Crippen molar-refractivity contribution in [3.63, 3.8) is 0 Å². The fraction of sp³-hybridized carbons (Fsp3) is 0.714. The van der Waals surface area contributed by atoms with Gasteiger partial charge in [0, 0.05) is 13.1 Å². The summed E-state index contributed by atoms with van der Waals surface area (Å²) in [4.78, 5) is 8.55. The molecule has 4 nitrogen and oxygen atoms in total. The van der Waals surface area contributed by atoms with Crippen molar-refractivity contribution >= 4 is 35.1 Å². The molecule has 0 aliphatic carbocycles. The van der Waals surface area contributed by atoms with Crippen LogP contribution in [0, 0.1) is 0 Å². The van der Waals surface area contributed by atoms with Crippen molar-refractivity contribution < 1.29 is 0 Å². The van der Waals surface area contributed by atoms with Crippen molar-refractivity contribution in [1.82, 2.24) is 9.97 Å². The molecule has 0 aliphatic heterocycles. The molecule has 0 aromatic carbocycles. The number of nitrogens with zero attached hydrogens (tertiary/aromatic N) is 2. The van der Waals surface area contributed by atoms with Gasteiger partial charge in [-0.15, -0.1) is 0 Å². The lowest BCUT2D eigenvalue weighted by Crippen LogP contribution is -2.08. The van der Waals surface area contributed by atoms with Gasteiger partial charge in [0.15, 0.2) is 0 Å². The zero-order valence-corrected chi connectivity index (χ0v) is 14.0. The number of hydrogen-bond donors (Lipinski definition) is 2. The third kappa shape index (κ3) is 7.20. The van der Waals surface area contributed by atoms with Crippen molar-refractivity contribution in [3.8, 4) is 0 Å². The van der Waals surface area contributed by atoms with Gasteiger partial charge in [-0.25, -0.2) is 4.98 Å². The molecule has 1 aromatic rings. The van der Waals surface area contributed by atoms with E-state index in [-0.39, 0.29) is 0 Å². The standard InChI is InChI=1S/C14H25ClN4S/c1-3-8-17-14-18-11-12(15)13(19-14)16-9-6-4-5-7-10-20-2/h11H,3-10H2,1-2H3,(H2,16,17,18,19). The van der Waals surface area contributed by atoms with Gasteiger partial charge in [0.05, 0.1) is 6.20 Å². The zero-order valence-electron chi connectivity index (χ0n) is 12.4. The highest BCUT2D eigenvalue weighted by atomic mass is 35.5. The Hall–Kier alpha value is -0.680. The summed E-state index contributed by atoms with van der Waals surface area (Å²) >= 11 is 8.01. The molecule has 0 amide bonds. The van der Waals surface area contributed by atoms with Crippen LogP contribution in [0.4, 0.5) is 11.8 Å². The van der Waals surface area contributed by atoms with E-state index in [0.29, 0.717) is 11.0 Å². The van der Waals surface area contributed by atoms with Gasteiger partial charge in [-0.05, 0) is 31.3 Å². The van der Waals surface area contributed by atoms with Crippen molar-refractivity contribution in [3.05, 3.63) is 11.2 Å². The lowest BCUT2D eigenvalue weighted by molar-refractivity contribution is 0.688. The summed E-state index contributed by atoms with van der Waals surface area (Å²) < 4.78 is 0. The minimum absolute atomic E-state index is 0.578. The third-order valence-electron chi connectivity index (χ3n) is 2.84. The predicted octanol–water partition coefficient (Wildman–Crippen LogP) is 4.29. The van der Waals surface area contributed by atoms with Gasteiger partial charge in [-0.3, -0.25) is 0 Å². The molecule has 0 saturated carbocycles. The Morgan fingerprint density at radius 3 is 2.70 bits per heavy atom. The highest BCUT2D eigenvalue weighted by molar-refractivity contribution is 7.98. The van der Waals surface area contributed by atoms with Crippen LogP contribution in [0.3, 0.4) is 0 Å². The molecule has 0 aliphatic rings. The smallest absolute Gasteiger partial charge is 0.224 e. The van der Waals surface area contributed by atoms with Crippen LogP contribution < -0.4 is 10.6 Å². The molecule has 1 heterocycles. The summed E-state index contributed by atoms with van der Waals surface area (Å²) in [5, 5.41) is 7.03. The van der Waals surface area contributed by atoms with Gasteiger partial charge < -0.3 is 10.6 Å². The average molecular weight is 317 g/mol. The third-order valence-corrected chi connectivity index (χ3v) is 3.82. The molecule has 2 N–H and O–H groups in total. The minimum atomic E-state index is 0.578. The number of aromatic nitrogens is 2. The molecule has 6 heteroatoms. The Bertz CT molecular complexity index is 376. The first-order chi connectivity index (χ1) is 9.77. The number of halogens is 1. The summed E-state index contributed by atoms with van der Waals surface area (Å²) in [6.07, 6.45) is 9.84. The highest BCUT2D eigenvalue weighted by Crippen LogP contribution is 2.19. The van der Waals surface area contributed by atoms with Crippen LogP contribution >= 0.6 is 23.4 Å². The second kappa shape index (κ2) is 11.0. The van der Waals surface area contributed by atoms with Crippen LogP contribution in [0.5, 0.6) is 0 Å². The lowest BCUT2D eigenvalue weighted by atomic mass is 10.2. The Balaban J connectivity index is 2.27. The van der Waals surface area contributed by atoms with Crippen LogP contribution in [0.25, 0.3) is 0 Å². The molecule has 1 rings (SSSR count). The molecule has 20 heavy (non-hydrogen) atoms. The van der Waals surface area contributed by atoms with Crippen molar-refractivity contribution in [1.29, 1.82) is 0 Å². The fourth-order valence-corrected chi connectivity index (χ4v) is 2.40. The van der Waals surface area contributed by atoms with E-state index in [1.54, 1.807) is 6.20 Å². The lowest BCUT2D eigenvalue weighted by Gasteiger charge is -2.09. The van der Waals surface area contributed by atoms with Crippen LogP contribution in [-0.2, 0) is 0 Å². The largest absolute Gasteiger partial charge is 0.369 e. The van der Waals surface area contributed by atoms with Crippen LogP contribution in [0.15, 0.2) is 6.20 Å². The summed E-state index contributed by atoms with van der Waals surface area (Å²) in [5.41, 5.74) is 0. The van der Waals surface area contributed by atoms with Gasteiger partial charge in [0.1, 0.15) is 10.8 Å². The van der Waals surface area contributed by atoms with E-state index in [1.165, 1.54) is 25.0 Å². The number of unbranched alkanes of at least 4 members (excludes halogenated alkanes) is 3. The molecule has 0 atom stereocenters. The molecule has 0 fully saturated rings. The maximum Gasteiger partial charge on any atom is 0.224 e. The maximum atomic E-state index is 6.09. The first-order valence-corrected chi connectivity index (χ1v) is 9.04. The first-order valence-electron chi connectivity index (χ1n) is 7.27. The van der Waals surface area contributed by atoms with E-state index in [9.17, 15) is 0 Å². The van der Waals surface area contributed by atoms with Gasteiger partial charge in [0.25, 0.3) is 0 Å². The number of anilines is 2. The van der Waals surface area contributed by atoms with E-state index < -0.39 is 0 Å². The average Bonchev–Trinajstić information content (AvgIpc) is 2.46. The van der Waals surface area contributed by atoms with Gasteiger partial charge in [-0.2, -0.15) is 16.7 Å². The van der Waals surface area contributed by atoms with Crippen LogP contribution in [0.1, 0.15) is 39.0 Å². The molecule has 0 bridgehead atoms. The topological polar surface area (TPSA) is 49.8 Å². The molecule has 114 valence electrons. The monoisotopic (exact) mass is 316 g/mol. The number of thioether (sulfide) groups is 1. The maximum absolute atomic E-state index is 6.09. The molecule has 0 saturated heterocycles. The van der Waals surface area contributed by atoms with Crippen molar-refractivity contribution in [2.75, 3.05) is 35.7 Å². The Labute approximate surface area is 131 Å². The second-order valence-electron chi connectivity index (χ2n) is 4.65. The quantitative estimate of drug-likeness (QED) is 0.596. The predicted molar refractivity (Wildman–Crippen MR) is 91.2 cm³/mol. The molecule has 0 radical (unpaired) electrons. The van der Waals surface area contributed by atoms with E-state index >= 15 is 0 Å². The number of nitrogens with one attached hydrogen (secondary N) is 2.